The number of aromatic nitrogens is 3. The third kappa shape index (κ3) is 3.29. The van der Waals surface area contributed by atoms with Crippen molar-refractivity contribution in [3.63, 3.8) is 0 Å². The summed E-state index contributed by atoms with van der Waals surface area (Å²) in [5.74, 6) is -1.09. The van der Waals surface area contributed by atoms with E-state index in [0.717, 1.165) is 42.1 Å². The van der Waals surface area contributed by atoms with E-state index in [4.69, 9.17) is 11.6 Å². The summed E-state index contributed by atoms with van der Waals surface area (Å²) in [5, 5.41) is 18.5. The Balaban J connectivity index is 1.83. The molecule has 0 radical (unpaired) electrons. The Morgan fingerprint density at radius 1 is 1.31 bits per heavy atom. The van der Waals surface area contributed by atoms with Crippen molar-refractivity contribution in [2.24, 2.45) is 0 Å². The number of halogens is 1. The standard InChI is InChI=1S/C21H23ClN4O3/c1-13-10-26(16-6-5-14(22)9-15(13)16)21(7-3-4-8-21)12-25-11-17(27)19(28)18(24-25)20(29)23-2/h5-6,9-11,27H,3-4,7-8,12H2,1-2H3,(H,23,29). The molecule has 0 atom stereocenters. The second kappa shape index (κ2) is 7.22. The van der Waals surface area contributed by atoms with Crippen molar-refractivity contribution in [1.29, 1.82) is 0 Å². The molecular weight excluding hydrogens is 392 g/mol. The molecule has 0 unspecified atom stereocenters. The second-order valence-corrected chi connectivity index (χ2v) is 8.18. The first-order valence-electron chi connectivity index (χ1n) is 9.65. The maximum absolute atomic E-state index is 12.1. The third-order valence-electron chi connectivity index (χ3n) is 5.86. The molecule has 0 saturated heterocycles. The van der Waals surface area contributed by atoms with Crippen LogP contribution in [-0.4, -0.2) is 32.4 Å². The molecule has 2 heterocycles. The summed E-state index contributed by atoms with van der Waals surface area (Å²) in [5.41, 5.74) is 0.884. The zero-order valence-electron chi connectivity index (χ0n) is 16.4. The predicted molar refractivity (Wildman–Crippen MR) is 112 cm³/mol. The largest absolute Gasteiger partial charge is 0.503 e. The summed E-state index contributed by atoms with van der Waals surface area (Å²) < 4.78 is 3.79. The van der Waals surface area contributed by atoms with Gasteiger partial charge in [0.25, 0.3) is 11.3 Å². The number of carbonyl (C=O) groups excluding carboxylic acids is 1. The number of fused-ring (bicyclic) bond motifs is 1. The highest BCUT2D eigenvalue weighted by atomic mass is 35.5. The number of benzene rings is 1. The van der Waals surface area contributed by atoms with Gasteiger partial charge in [-0.15, -0.1) is 0 Å². The molecule has 29 heavy (non-hydrogen) atoms. The minimum Gasteiger partial charge on any atom is -0.503 e. The molecule has 7 nitrogen and oxygen atoms in total. The Morgan fingerprint density at radius 3 is 2.72 bits per heavy atom. The molecule has 2 aromatic heterocycles. The van der Waals surface area contributed by atoms with Crippen LogP contribution in [0.15, 0.2) is 35.4 Å². The molecule has 1 fully saturated rings. The monoisotopic (exact) mass is 414 g/mol. The molecular formula is C21H23ClN4O3. The summed E-state index contributed by atoms with van der Waals surface area (Å²) in [6.07, 6.45) is 7.45. The number of amides is 1. The fraction of sp³-hybridized carbons (Fsp3) is 0.381. The molecule has 8 heteroatoms. The van der Waals surface area contributed by atoms with Crippen molar-refractivity contribution in [3.8, 4) is 5.75 Å². The molecule has 1 amide bonds. The van der Waals surface area contributed by atoms with Gasteiger partial charge in [0.15, 0.2) is 11.4 Å². The van der Waals surface area contributed by atoms with Gasteiger partial charge < -0.3 is 15.0 Å². The molecule has 152 valence electrons. The van der Waals surface area contributed by atoms with E-state index in [0.29, 0.717) is 11.6 Å². The zero-order valence-corrected chi connectivity index (χ0v) is 17.2. The first-order valence-corrected chi connectivity index (χ1v) is 10.0. The molecule has 4 rings (SSSR count). The Morgan fingerprint density at radius 2 is 2.03 bits per heavy atom. The van der Waals surface area contributed by atoms with E-state index >= 15 is 0 Å². The van der Waals surface area contributed by atoms with E-state index in [1.54, 1.807) is 0 Å². The predicted octanol–water partition coefficient (Wildman–Crippen LogP) is 3.19. The number of rotatable bonds is 4. The topological polar surface area (TPSA) is 89.2 Å². The van der Waals surface area contributed by atoms with Crippen LogP contribution < -0.4 is 10.7 Å². The lowest BCUT2D eigenvalue weighted by Gasteiger charge is -2.33. The van der Waals surface area contributed by atoms with Crippen molar-refractivity contribution < 1.29 is 9.90 Å². The number of hydrogen-bond donors (Lipinski definition) is 2. The number of nitrogens with one attached hydrogen (secondary N) is 1. The van der Waals surface area contributed by atoms with Gasteiger partial charge in [-0.25, -0.2) is 0 Å². The summed E-state index contributed by atoms with van der Waals surface area (Å²) in [7, 11) is 1.43. The van der Waals surface area contributed by atoms with Crippen molar-refractivity contribution in [2.45, 2.75) is 44.7 Å². The van der Waals surface area contributed by atoms with E-state index in [9.17, 15) is 14.7 Å². The van der Waals surface area contributed by atoms with E-state index in [1.807, 2.05) is 18.2 Å². The van der Waals surface area contributed by atoms with Gasteiger partial charge >= 0.3 is 0 Å². The van der Waals surface area contributed by atoms with Gasteiger partial charge in [0, 0.05) is 29.2 Å². The van der Waals surface area contributed by atoms with Crippen molar-refractivity contribution >= 4 is 28.4 Å². The van der Waals surface area contributed by atoms with Crippen LogP contribution >= 0.6 is 11.6 Å². The Bertz CT molecular complexity index is 1160. The van der Waals surface area contributed by atoms with E-state index < -0.39 is 17.1 Å². The van der Waals surface area contributed by atoms with Crippen LogP contribution in [0.1, 0.15) is 41.7 Å². The minimum absolute atomic E-state index is 0.269. The quantitative estimate of drug-likeness (QED) is 0.686. The normalized spacial score (nSPS) is 15.7. The van der Waals surface area contributed by atoms with Gasteiger partial charge in [-0.1, -0.05) is 24.4 Å². The van der Waals surface area contributed by atoms with E-state index in [1.165, 1.54) is 17.9 Å². The van der Waals surface area contributed by atoms with Crippen molar-refractivity contribution in [2.75, 3.05) is 7.05 Å². The lowest BCUT2D eigenvalue weighted by atomic mass is 9.96. The van der Waals surface area contributed by atoms with Crippen LogP contribution in [0.2, 0.25) is 5.02 Å². The van der Waals surface area contributed by atoms with E-state index in [-0.39, 0.29) is 11.2 Å². The number of carbonyl (C=O) groups is 1. The maximum Gasteiger partial charge on any atom is 0.275 e. The SMILES string of the molecule is CNC(=O)c1nn(CC2(n3cc(C)c4cc(Cl)ccc43)CCCC2)cc(O)c1=O. The average Bonchev–Trinajstić information content (AvgIpc) is 3.29. The number of hydrogen-bond acceptors (Lipinski definition) is 4. The number of aromatic hydroxyl groups is 1. The zero-order chi connectivity index (χ0) is 20.8. The van der Waals surface area contributed by atoms with Gasteiger partial charge in [0.2, 0.25) is 0 Å². The molecule has 1 aliphatic carbocycles. The molecule has 1 aromatic carbocycles. The highest BCUT2D eigenvalue weighted by molar-refractivity contribution is 6.31. The van der Waals surface area contributed by atoms with Crippen LogP contribution in [-0.2, 0) is 12.1 Å². The smallest absolute Gasteiger partial charge is 0.275 e. The van der Waals surface area contributed by atoms with Gasteiger partial charge in [0.1, 0.15) is 0 Å². The summed E-state index contributed by atoms with van der Waals surface area (Å²) in [6.45, 7) is 2.50. The summed E-state index contributed by atoms with van der Waals surface area (Å²) in [4.78, 5) is 24.1. The Hall–Kier alpha value is -2.80. The van der Waals surface area contributed by atoms with Crippen LogP contribution in [0.3, 0.4) is 0 Å². The fourth-order valence-electron chi connectivity index (χ4n) is 4.44. The van der Waals surface area contributed by atoms with Gasteiger partial charge in [0.05, 0.1) is 18.3 Å². The Kier molecular flexibility index (Phi) is 4.86. The molecule has 1 aliphatic rings. The van der Waals surface area contributed by atoms with Crippen LogP contribution in [0, 0.1) is 6.92 Å². The van der Waals surface area contributed by atoms with E-state index in [2.05, 4.69) is 28.1 Å². The molecule has 1 saturated carbocycles. The summed E-state index contributed by atoms with van der Waals surface area (Å²) in [6, 6.07) is 5.88. The minimum atomic E-state index is -0.766. The van der Waals surface area contributed by atoms with Crippen LogP contribution in [0.5, 0.6) is 5.75 Å². The van der Waals surface area contributed by atoms with Crippen LogP contribution in [0.4, 0.5) is 0 Å². The lowest BCUT2D eigenvalue weighted by molar-refractivity contribution is 0.0952. The fourth-order valence-corrected chi connectivity index (χ4v) is 4.61. The molecule has 0 bridgehead atoms. The number of aryl methyl sites for hydroxylation is 1. The second-order valence-electron chi connectivity index (χ2n) is 7.74. The third-order valence-corrected chi connectivity index (χ3v) is 6.09. The lowest BCUT2D eigenvalue weighted by Crippen LogP contribution is -2.37. The number of nitrogens with zero attached hydrogens (tertiary/aromatic N) is 3. The van der Waals surface area contributed by atoms with Crippen LogP contribution in [0.25, 0.3) is 10.9 Å². The molecule has 2 N–H and O–H groups in total. The maximum atomic E-state index is 12.1. The van der Waals surface area contributed by atoms with Gasteiger partial charge in [-0.05, 0) is 43.5 Å². The van der Waals surface area contributed by atoms with Crippen molar-refractivity contribution in [1.82, 2.24) is 19.7 Å². The highest BCUT2D eigenvalue weighted by Gasteiger charge is 2.37. The molecule has 0 aliphatic heterocycles. The Labute approximate surface area is 172 Å². The first-order chi connectivity index (χ1) is 13.8. The highest BCUT2D eigenvalue weighted by Crippen LogP contribution is 2.41. The van der Waals surface area contributed by atoms with Crippen molar-refractivity contribution in [3.05, 3.63) is 57.1 Å². The molecule has 0 spiro atoms. The van der Waals surface area contributed by atoms with Gasteiger partial charge in [-0.3, -0.25) is 14.3 Å². The summed E-state index contributed by atoms with van der Waals surface area (Å²) >= 11 is 6.20. The first kappa shape index (κ1) is 19.5. The average molecular weight is 415 g/mol. The molecule has 3 aromatic rings. The van der Waals surface area contributed by atoms with Gasteiger partial charge in [-0.2, -0.15) is 5.10 Å².